The summed E-state index contributed by atoms with van der Waals surface area (Å²) in [5, 5.41) is 2.61. The van der Waals surface area contributed by atoms with Crippen LogP contribution in [0.15, 0.2) is 29.3 Å². The van der Waals surface area contributed by atoms with Crippen molar-refractivity contribution in [2.75, 3.05) is 6.54 Å². The van der Waals surface area contributed by atoms with Gasteiger partial charge in [-0.25, -0.2) is 4.99 Å². The minimum Gasteiger partial charge on any atom is -0.447 e. The number of aliphatic imine (C=N–C) groups is 1. The lowest BCUT2D eigenvalue weighted by Crippen LogP contribution is -2.22. The SMILES string of the molecule is CCN=C1NC(=O)C(c2ccc(C)cc2)O1. The molecule has 1 aliphatic heterocycles. The lowest BCUT2D eigenvalue weighted by atomic mass is 10.1. The van der Waals surface area contributed by atoms with Crippen molar-refractivity contribution in [1.29, 1.82) is 0 Å². The molecule has 0 spiro atoms. The molecule has 0 aliphatic carbocycles. The molecule has 1 fully saturated rings. The van der Waals surface area contributed by atoms with Crippen LogP contribution in [0.4, 0.5) is 0 Å². The number of aryl methyl sites for hydroxylation is 1. The van der Waals surface area contributed by atoms with Gasteiger partial charge >= 0.3 is 0 Å². The molecule has 0 radical (unpaired) electrons. The maximum Gasteiger partial charge on any atom is 0.292 e. The first-order valence-corrected chi connectivity index (χ1v) is 5.29. The molecule has 1 amide bonds. The van der Waals surface area contributed by atoms with E-state index in [0.717, 1.165) is 11.1 Å². The van der Waals surface area contributed by atoms with Crippen LogP contribution in [0.5, 0.6) is 0 Å². The van der Waals surface area contributed by atoms with Crippen LogP contribution in [-0.4, -0.2) is 18.5 Å². The molecule has 1 atom stereocenters. The van der Waals surface area contributed by atoms with E-state index < -0.39 is 6.10 Å². The molecule has 1 saturated heterocycles. The molecule has 0 bridgehead atoms. The summed E-state index contributed by atoms with van der Waals surface area (Å²) in [6.45, 7) is 4.49. The Balaban J connectivity index is 2.20. The second-order valence-electron chi connectivity index (χ2n) is 3.68. The Morgan fingerprint density at radius 1 is 1.38 bits per heavy atom. The van der Waals surface area contributed by atoms with Crippen molar-refractivity contribution < 1.29 is 9.53 Å². The topological polar surface area (TPSA) is 50.7 Å². The highest BCUT2D eigenvalue weighted by Gasteiger charge is 2.31. The van der Waals surface area contributed by atoms with Gasteiger partial charge in [-0.2, -0.15) is 0 Å². The summed E-state index contributed by atoms with van der Waals surface area (Å²) >= 11 is 0. The zero-order valence-corrected chi connectivity index (χ0v) is 9.36. The standard InChI is InChI=1S/C12H14N2O2/c1-3-13-12-14-11(15)10(16-12)9-6-4-8(2)5-7-9/h4-7,10H,3H2,1-2H3,(H,13,14,15). The molecule has 1 heterocycles. The molecular formula is C12H14N2O2. The molecule has 1 aliphatic rings. The molecule has 16 heavy (non-hydrogen) atoms. The van der Waals surface area contributed by atoms with Gasteiger partial charge in [-0.3, -0.25) is 10.1 Å². The predicted molar refractivity (Wildman–Crippen MR) is 61.1 cm³/mol. The Labute approximate surface area is 94.3 Å². The van der Waals surface area contributed by atoms with Crippen molar-refractivity contribution in [2.45, 2.75) is 20.0 Å². The summed E-state index contributed by atoms with van der Waals surface area (Å²) in [6.07, 6.45) is -0.564. The highest BCUT2D eigenvalue weighted by atomic mass is 16.5. The highest BCUT2D eigenvalue weighted by molar-refractivity contribution is 6.02. The summed E-state index contributed by atoms with van der Waals surface area (Å²) in [7, 11) is 0. The molecule has 4 heteroatoms. The summed E-state index contributed by atoms with van der Waals surface area (Å²) in [6, 6.07) is 8.03. The van der Waals surface area contributed by atoms with Crippen LogP contribution in [0.3, 0.4) is 0 Å². The number of hydrogen-bond acceptors (Lipinski definition) is 3. The van der Waals surface area contributed by atoms with Gasteiger partial charge in [-0.05, 0) is 13.8 Å². The number of carbonyl (C=O) groups is 1. The number of carbonyl (C=O) groups excluding carboxylic acids is 1. The lowest BCUT2D eigenvalue weighted by molar-refractivity contribution is -0.123. The molecule has 84 valence electrons. The van der Waals surface area contributed by atoms with Gasteiger partial charge in [0.25, 0.3) is 11.9 Å². The first-order valence-electron chi connectivity index (χ1n) is 5.29. The first kappa shape index (κ1) is 10.7. The van der Waals surface area contributed by atoms with Crippen LogP contribution >= 0.6 is 0 Å². The molecule has 4 nitrogen and oxygen atoms in total. The highest BCUT2D eigenvalue weighted by Crippen LogP contribution is 2.22. The molecule has 1 unspecified atom stereocenters. The Morgan fingerprint density at radius 3 is 2.69 bits per heavy atom. The number of ether oxygens (including phenoxy) is 1. The summed E-state index contributed by atoms with van der Waals surface area (Å²) < 4.78 is 5.43. The first-order chi connectivity index (χ1) is 7.70. The van der Waals surface area contributed by atoms with Crippen molar-refractivity contribution in [2.24, 2.45) is 4.99 Å². The third kappa shape index (κ3) is 2.05. The minimum atomic E-state index is -0.564. The smallest absolute Gasteiger partial charge is 0.292 e. The normalized spacial score (nSPS) is 22.0. The fraction of sp³-hybridized carbons (Fsp3) is 0.333. The summed E-state index contributed by atoms with van der Waals surface area (Å²) in [5.41, 5.74) is 2.01. The number of amides is 1. The average Bonchev–Trinajstić information content (AvgIpc) is 2.61. The van der Waals surface area contributed by atoms with Crippen LogP contribution in [0.1, 0.15) is 24.2 Å². The van der Waals surface area contributed by atoms with Crippen molar-refractivity contribution in [3.8, 4) is 0 Å². The Hall–Kier alpha value is -1.84. The quantitative estimate of drug-likeness (QED) is 0.819. The number of amidine groups is 1. The van der Waals surface area contributed by atoms with Gasteiger partial charge in [0.2, 0.25) is 6.10 Å². The third-order valence-corrected chi connectivity index (χ3v) is 2.38. The lowest BCUT2D eigenvalue weighted by Gasteiger charge is -2.07. The van der Waals surface area contributed by atoms with Crippen molar-refractivity contribution in [3.63, 3.8) is 0 Å². The van der Waals surface area contributed by atoms with E-state index in [4.69, 9.17) is 4.74 Å². The average molecular weight is 218 g/mol. The van der Waals surface area contributed by atoms with Crippen molar-refractivity contribution >= 4 is 11.9 Å². The zero-order chi connectivity index (χ0) is 11.5. The molecule has 1 N–H and O–H groups in total. The van der Waals surface area contributed by atoms with Gasteiger partial charge in [0.05, 0.1) is 0 Å². The molecule has 2 rings (SSSR count). The van der Waals surface area contributed by atoms with Crippen LogP contribution in [-0.2, 0) is 9.53 Å². The van der Waals surface area contributed by atoms with E-state index in [0.29, 0.717) is 12.6 Å². The van der Waals surface area contributed by atoms with E-state index in [1.165, 1.54) is 0 Å². The molecule has 1 aromatic carbocycles. The number of hydrogen-bond donors (Lipinski definition) is 1. The molecule has 0 aromatic heterocycles. The van der Waals surface area contributed by atoms with Crippen LogP contribution in [0.2, 0.25) is 0 Å². The Bertz CT molecular complexity index is 423. The van der Waals surface area contributed by atoms with Gasteiger partial charge in [0, 0.05) is 12.1 Å². The van der Waals surface area contributed by atoms with Gasteiger partial charge in [0.15, 0.2) is 0 Å². The monoisotopic (exact) mass is 218 g/mol. The second-order valence-corrected chi connectivity index (χ2v) is 3.68. The second kappa shape index (κ2) is 4.35. The van der Waals surface area contributed by atoms with E-state index >= 15 is 0 Å². The van der Waals surface area contributed by atoms with Crippen LogP contribution in [0.25, 0.3) is 0 Å². The number of rotatable bonds is 2. The van der Waals surface area contributed by atoms with Gasteiger partial charge < -0.3 is 4.74 Å². The van der Waals surface area contributed by atoms with Crippen LogP contribution in [0, 0.1) is 6.92 Å². The Kier molecular flexibility index (Phi) is 2.90. The maximum atomic E-state index is 11.6. The van der Waals surface area contributed by atoms with E-state index in [9.17, 15) is 4.79 Å². The largest absolute Gasteiger partial charge is 0.447 e. The van der Waals surface area contributed by atoms with Gasteiger partial charge in [0.1, 0.15) is 0 Å². The predicted octanol–water partition coefficient (Wildman–Crippen LogP) is 1.56. The van der Waals surface area contributed by atoms with E-state index in [2.05, 4.69) is 10.3 Å². The van der Waals surface area contributed by atoms with E-state index in [1.807, 2.05) is 38.1 Å². The van der Waals surface area contributed by atoms with E-state index in [1.54, 1.807) is 0 Å². The Morgan fingerprint density at radius 2 is 2.06 bits per heavy atom. The fourth-order valence-electron chi connectivity index (χ4n) is 1.55. The third-order valence-electron chi connectivity index (χ3n) is 2.38. The molecule has 1 aromatic rings. The summed E-state index contributed by atoms with van der Waals surface area (Å²) in [4.78, 5) is 15.7. The number of nitrogens with zero attached hydrogens (tertiary/aromatic N) is 1. The molecular weight excluding hydrogens is 204 g/mol. The van der Waals surface area contributed by atoms with Crippen molar-refractivity contribution in [1.82, 2.24) is 5.32 Å². The summed E-state index contributed by atoms with van der Waals surface area (Å²) in [5.74, 6) is -0.156. The van der Waals surface area contributed by atoms with Gasteiger partial charge in [-0.1, -0.05) is 29.8 Å². The zero-order valence-electron chi connectivity index (χ0n) is 9.36. The molecule has 0 saturated carbocycles. The fourth-order valence-corrected chi connectivity index (χ4v) is 1.55. The van der Waals surface area contributed by atoms with Gasteiger partial charge in [-0.15, -0.1) is 0 Å². The number of nitrogens with one attached hydrogen (secondary N) is 1. The minimum absolute atomic E-state index is 0.156. The maximum absolute atomic E-state index is 11.6. The van der Waals surface area contributed by atoms with Crippen molar-refractivity contribution in [3.05, 3.63) is 35.4 Å². The van der Waals surface area contributed by atoms with E-state index in [-0.39, 0.29) is 5.91 Å². The number of benzene rings is 1. The van der Waals surface area contributed by atoms with Crippen LogP contribution < -0.4 is 5.32 Å².